The first kappa shape index (κ1) is 27.8. The molecule has 1 aromatic rings. The van der Waals surface area contributed by atoms with Crippen molar-refractivity contribution in [3.8, 4) is 17.6 Å². The van der Waals surface area contributed by atoms with Gasteiger partial charge in [0.15, 0.2) is 0 Å². The molecule has 1 saturated carbocycles. The molecule has 0 spiro atoms. The van der Waals surface area contributed by atoms with Crippen molar-refractivity contribution in [1.82, 2.24) is 0 Å². The second-order valence-corrected chi connectivity index (χ2v) is 7.38. The summed E-state index contributed by atoms with van der Waals surface area (Å²) in [7, 11) is 0. The number of phenols is 1. The molecule has 0 heterocycles. The summed E-state index contributed by atoms with van der Waals surface area (Å²) >= 11 is 0. The first-order valence-corrected chi connectivity index (χ1v) is 10.2. The van der Waals surface area contributed by atoms with E-state index in [4.69, 9.17) is 0 Å². The summed E-state index contributed by atoms with van der Waals surface area (Å²) < 4.78 is 0. The predicted octanol–water partition coefficient (Wildman–Crippen LogP) is 0.612. The van der Waals surface area contributed by atoms with Gasteiger partial charge in [-0.15, -0.1) is 11.8 Å². The Labute approximate surface area is 197 Å². The Balaban J connectivity index is 0.000000527. The number of phenolic OH excluding ortho intramolecular Hbond substituents is 1. The van der Waals surface area contributed by atoms with Crippen LogP contribution in [0.25, 0.3) is 0 Å². The molecule has 1 aliphatic rings. The smallest absolute Gasteiger partial charge is 0.550 e. The van der Waals surface area contributed by atoms with Gasteiger partial charge in [-0.25, -0.2) is 0 Å². The van der Waals surface area contributed by atoms with Gasteiger partial charge in [-0.05, 0) is 62.5 Å². The van der Waals surface area contributed by atoms with E-state index < -0.39 is 5.97 Å². The van der Waals surface area contributed by atoms with Crippen molar-refractivity contribution in [2.24, 2.45) is 11.8 Å². The fourth-order valence-corrected chi connectivity index (χ4v) is 3.14. The van der Waals surface area contributed by atoms with Crippen molar-refractivity contribution in [2.75, 3.05) is 0 Å². The number of benzene rings is 1. The zero-order valence-corrected chi connectivity index (χ0v) is 20.1. The van der Waals surface area contributed by atoms with Gasteiger partial charge in [-0.3, -0.25) is 0 Å². The van der Waals surface area contributed by atoms with E-state index in [2.05, 4.69) is 17.9 Å². The Bertz CT molecular complexity index is 669. The molecule has 0 bridgehead atoms. The van der Waals surface area contributed by atoms with Gasteiger partial charge in [0.25, 0.3) is 0 Å². The number of hydrogen-bond donors (Lipinski definition) is 2. The molecule has 0 saturated heterocycles. The average Bonchev–Trinajstić information content (AvgIpc) is 3.19. The van der Waals surface area contributed by atoms with Crippen LogP contribution in [0.5, 0.6) is 5.75 Å². The van der Waals surface area contributed by atoms with Crippen LogP contribution in [0.3, 0.4) is 0 Å². The molecular weight excluding hydrogens is 375 g/mol. The molecule has 29 heavy (non-hydrogen) atoms. The molecule has 2 N–H and O–H groups in total. The Morgan fingerprint density at radius 2 is 1.97 bits per heavy atom. The van der Waals surface area contributed by atoms with Gasteiger partial charge in [0.2, 0.25) is 0 Å². The third-order valence-electron chi connectivity index (χ3n) is 4.98. The second-order valence-electron chi connectivity index (χ2n) is 7.38. The Kier molecular flexibility index (Phi) is 15.8. The number of carboxylic acids is 1. The first-order valence-electron chi connectivity index (χ1n) is 10.2. The SMILES string of the molecule is CC#CCC(C)C(O)/C=C/C1CCCC1.O=C([O-])CCCc1ccccc1O.[Na+]. The normalized spacial score (nSPS) is 15.4. The van der Waals surface area contributed by atoms with Crippen molar-refractivity contribution >= 4 is 5.97 Å². The minimum atomic E-state index is -1.05. The third kappa shape index (κ3) is 12.8. The number of carbonyl (C=O) groups is 1. The third-order valence-corrected chi connectivity index (χ3v) is 4.98. The van der Waals surface area contributed by atoms with Gasteiger partial charge >= 0.3 is 29.6 Å². The number of carbonyl (C=O) groups excluding carboxylic acids is 1. The van der Waals surface area contributed by atoms with Crippen LogP contribution in [0.15, 0.2) is 36.4 Å². The number of hydrogen-bond acceptors (Lipinski definition) is 4. The largest absolute Gasteiger partial charge is 1.00 e. The van der Waals surface area contributed by atoms with Crippen molar-refractivity contribution in [1.29, 1.82) is 0 Å². The predicted molar refractivity (Wildman–Crippen MR) is 110 cm³/mol. The van der Waals surface area contributed by atoms with E-state index in [9.17, 15) is 20.1 Å². The van der Waals surface area contributed by atoms with Crippen LogP contribution in [0.2, 0.25) is 0 Å². The molecule has 2 rings (SSSR count). The minimum Gasteiger partial charge on any atom is -0.550 e. The number of allylic oxidation sites excluding steroid dienone is 1. The summed E-state index contributed by atoms with van der Waals surface area (Å²) in [5, 5.41) is 29.3. The number of aromatic hydroxyl groups is 1. The second kappa shape index (κ2) is 16.5. The van der Waals surface area contributed by atoms with Crippen LogP contribution < -0.4 is 34.7 Å². The standard InChI is InChI=1S/C14H22O.C10H12O3.Na/c1-3-4-7-12(2)14(15)11-10-13-8-5-6-9-13;11-9-6-2-1-4-8(9)5-3-7-10(12)13;/h10-15H,5-9H2,1-2H3;1-2,4,6,11H,3,5,7H2,(H,12,13);/q;;+1/p-1/b11-10+;;. The number of rotatable bonds is 8. The van der Waals surface area contributed by atoms with Gasteiger partial charge in [-0.2, -0.15) is 0 Å². The van der Waals surface area contributed by atoms with Crippen molar-refractivity contribution in [2.45, 2.75) is 71.3 Å². The van der Waals surface area contributed by atoms with Gasteiger partial charge < -0.3 is 20.1 Å². The maximum atomic E-state index is 10.1. The molecule has 5 heteroatoms. The van der Waals surface area contributed by atoms with E-state index in [1.807, 2.05) is 26.0 Å². The molecule has 2 atom stereocenters. The van der Waals surface area contributed by atoms with Gasteiger partial charge in [-0.1, -0.05) is 50.1 Å². The quantitative estimate of drug-likeness (QED) is 0.375. The number of carboxylic acid groups (broad SMARTS) is 1. The summed E-state index contributed by atoms with van der Waals surface area (Å²) in [5.74, 6) is 6.01. The van der Waals surface area contributed by atoms with Crippen LogP contribution in [0.1, 0.15) is 64.4 Å². The molecule has 1 aliphatic carbocycles. The molecule has 2 unspecified atom stereocenters. The van der Waals surface area contributed by atoms with Gasteiger partial charge in [0, 0.05) is 12.4 Å². The average molecular weight is 409 g/mol. The van der Waals surface area contributed by atoms with E-state index in [1.54, 1.807) is 18.2 Å². The fourth-order valence-electron chi connectivity index (χ4n) is 3.14. The van der Waals surface area contributed by atoms with Crippen LogP contribution >= 0.6 is 0 Å². The molecule has 4 nitrogen and oxygen atoms in total. The van der Waals surface area contributed by atoms with E-state index >= 15 is 0 Å². The van der Waals surface area contributed by atoms with Crippen LogP contribution in [-0.2, 0) is 11.2 Å². The minimum absolute atomic E-state index is 0. The molecular formula is C24H33NaO4. The van der Waals surface area contributed by atoms with Crippen molar-refractivity contribution in [3.05, 3.63) is 42.0 Å². The zero-order valence-electron chi connectivity index (χ0n) is 18.1. The Morgan fingerprint density at radius 3 is 2.55 bits per heavy atom. The monoisotopic (exact) mass is 408 g/mol. The van der Waals surface area contributed by atoms with Gasteiger partial charge in [0.1, 0.15) is 5.75 Å². The first-order chi connectivity index (χ1) is 13.4. The van der Waals surface area contributed by atoms with Crippen molar-refractivity contribution in [3.63, 3.8) is 0 Å². The number of aryl methyl sites for hydroxylation is 1. The summed E-state index contributed by atoms with van der Waals surface area (Å²) in [4.78, 5) is 10.1. The molecule has 154 valence electrons. The maximum absolute atomic E-state index is 10.1. The number of aliphatic hydroxyl groups is 1. The number of aliphatic carboxylic acids is 1. The van der Waals surface area contributed by atoms with E-state index in [0.717, 1.165) is 12.0 Å². The summed E-state index contributed by atoms with van der Waals surface area (Å²) in [5.41, 5.74) is 0.781. The summed E-state index contributed by atoms with van der Waals surface area (Å²) in [6, 6.07) is 6.92. The van der Waals surface area contributed by atoms with E-state index in [1.165, 1.54) is 25.7 Å². The fraction of sp³-hybridized carbons (Fsp3) is 0.542. The Morgan fingerprint density at radius 1 is 1.31 bits per heavy atom. The van der Waals surface area contributed by atoms with E-state index in [-0.39, 0.29) is 53.7 Å². The van der Waals surface area contributed by atoms with Crippen LogP contribution in [-0.4, -0.2) is 22.3 Å². The van der Waals surface area contributed by atoms with Crippen molar-refractivity contribution < 1.29 is 49.7 Å². The molecule has 0 aliphatic heterocycles. The molecule has 0 aromatic heterocycles. The molecule has 1 fully saturated rings. The number of aliphatic hydroxyl groups excluding tert-OH is 1. The Hall–Kier alpha value is -1.25. The van der Waals surface area contributed by atoms with Crippen LogP contribution in [0.4, 0.5) is 0 Å². The zero-order chi connectivity index (χ0) is 20.8. The van der Waals surface area contributed by atoms with Gasteiger partial charge in [0.05, 0.1) is 6.10 Å². The molecule has 0 amide bonds. The van der Waals surface area contributed by atoms with E-state index in [0.29, 0.717) is 18.8 Å². The maximum Gasteiger partial charge on any atom is 1.00 e. The van der Waals surface area contributed by atoms with Crippen LogP contribution in [0, 0.1) is 23.7 Å². The number of para-hydroxylation sites is 1. The molecule has 1 aromatic carbocycles. The summed E-state index contributed by atoms with van der Waals surface area (Å²) in [6.07, 6.45) is 11.0. The molecule has 0 radical (unpaired) electrons. The summed E-state index contributed by atoms with van der Waals surface area (Å²) in [6.45, 7) is 3.89. The topological polar surface area (TPSA) is 80.6 Å².